The second-order valence-electron chi connectivity index (χ2n) is 6.69. The Labute approximate surface area is 164 Å². The van der Waals surface area contributed by atoms with Gasteiger partial charge in [0.25, 0.3) is 5.56 Å². The van der Waals surface area contributed by atoms with E-state index in [2.05, 4.69) is 4.98 Å². The topological polar surface area (TPSA) is 53.4 Å². The van der Waals surface area contributed by atoms with Crippen LogP contribution in [-0.2, 0) is 12.7 Å². The molecule has 5 nitrogen and oxygen atoms in total. The Morgan fingerprint density at radius 3 is 2.38 bits per heavy atom. The number of alkyl halides is 3. The first-order valence-electron chi connectivity index (χ1n) is 8.86. The molecular formula is C21H17F3N2O3. The van der Waals surface area contributed by atoms with Gasteiger partial charge < -0.3 is 9.47 Å². The lowest BCUT2D eigenvalue weighted by Crippen LogP contribution is -2.21. The predicted molar refractivity (Wildman–Crippen MR) is 103 cm³/mol. The summed E-state index contributed by atoms with van der Waals surface area (Å²) in [7, 11) is 3.09. The van der Waals surface area contributed by atoms with Crippen molar-refractivity contribution in [3.8, 4) is 11.5 Å². The third-order valence-corrected chi connectivity index (χ3v) is 4.89. The highest BCUT2D eigenvalue weighted by molar-refractivity contribution is 5.85. The minimum absolute atomic E-state index is 0.0343. The summed E-state index contributed by atoms with van der Waals surface area (Å²) >= 11 is 0. The van der Waals surface area contributed by atoms with Crippen molar-refractivity contribution in [1.29, 1.82) is 0 Å². The number of nitrogens with zero attached hydrogens (tertiary/aromatic N) is 2. The highest BCUT2D eigenvalue weighted by Crippen LogP contribution is 2.33. The van der Waals surface area contributed by atoms with Gasteiger partial charge in [-0.15, -0.1) is 0 Å². The normalized spacial score (nSPS) is 15.0. The Kier molecular flexibility index (Phi) is 4.56. The Bertz CT molecular complexity index is 1170. The standard InChI is InChI=1S/C21H17F3N2O3/c1-28-15-8-12(9-16(11-15)29-2)7-13-5-6-26-19(13)25-18-10-14(21(22,23)24)3-4-17(18)20(26)27/h3-4,7-11H,5-6H2,1-2H3/b13-7+. The summed E-state index contributed by atoms with van der Waals surface area (Å²) < 4.78 is 51.2. The van der Waals surface area contributed by atoms with Gasteiger partial charge in [0, 0.05) is 12.6 Å². The van der Waals surface area contributed by atoms with Crippen LogP contribution in [0.15, 0.2) is 41.2 Å². The van der Waals surface area contributed by atoms with Crippen molar-refractivity contribution in [3.05, 3.63) is 63.7 Å². The van der Waals surface area contributed by atoms with Gasteiger partial charge >= 0.3 is 6.18 Å². The predicted octanol–water partition coefficient (Wildman–Crippen LogP) is 4.38. The van der Waals surface area contributed by atoms with Crippen molar-refractivity contribution in [3.63, 3.8) is 0 Å². The Balaban J connectivity index is 1.86. The molecule has 1 aromatic heterocycles. The van der Waals surface area contributed by atoms with Crippen molar-refractivity contribution in [2.75, 3.05) is 14.2 Å². The summed E-state index contributed by atoms with van der Waals surface area (Å²) in [5, 5.41) is 0.172. The molecule has 3 aromatic rings. The molecule has 1 aliphatic heterocycles. The molecule has 0 saturated heterocycles. The molecule has 2 heterocycles. The van der Waals surface area contributed by atoms with Crippen LogP contribution in [0.3, 0.4) is 0 Å². The maximum absolute atomic E-state index is 13.1. The number of ether oxygens (including phenoxy) is 2. The van der Waals surface area contributed by atoms with E-state index >= 15 is 0 Å². The van der Waals surface area contributed by atoms with Gasteiger partial charge in [-0.1, -0.05) is 0 Å². The highest BCUT2D eigenvalue weighted by Gasteiger charge is 2.31. The van der Waals surface area contributed by atoms with E-state index < -0.39 is 11.7 Å². The molecular weight excluding hydrogens is 385 g/mol. The van der Waals surface area contributed by atoms with Gasteiger partial charge in [0.2, 0.25) is 0 Å². The summed E-state index contributed by atoms with van der Waals surface area (Å²) in [4.78, 5) is 17.1. The molecule has 2 aromatic carbocycles. The van der Waals surface area contributed by atoms with Crippen LogP contribution >= 0.6 is 0 Å². The zero-order valence-electron chi connectivity index (χ0n) is 15.7. The average Bonchev–Trinajstić information content (AvgIpc) is 3.09. The molecule has 0 N–H and O–H groups in total. The van der Waals surface area contributed by atoms with Crippen LogP contribution in [0.4, 0.5) is 13.2 Å². The fraction of sp³-hybridized carbons (Fsp3) is 0.238. The molecule has 0 unspecified atom stereocenters. The van der Waals surface area contributed by atoms with Crippen LogP contribution in [-0.4, -0.2) is 23.8 Å². The molecule has 4 rings (SSSR count). The quantitative estimate of drug-likeness (QED) is 0.653. The summed E-state index contributed by atoms with van der Waals surface area (Å²) in [6.07, 6.45) is -2.11. The Hall–Kier alpha value is -3.29. The zero-order chi connectivity index (χ0) is 20.8. The second-order valence-corrected chi connectivity index (χ2v) is 6.69. The van der Waals surface area contributed by atoms with Crippen molar-refractivity contribution < 1.29 is 22.6 Å². The lowest BCUT2D eigenvalue weighted by molar-refractivity contribution is -0.137. The van der Waals surface area contributed by atoms with Crippen LogP contribution in [0.25, 0.3) is 22.6 Å². The third-order valence-electron chi connectivity index (χ3n) is 4.89. The summed E-state index contributed by atoms with van der Waals surface area (Å²) in [5.41, 5.74) is 0.403. The van der Waals surface area contributed by atoms with Crippen LogP contribution in [0.1, 0.15) is 23.4 Å². The van der Waals surface area contributed by atoms with Gasteiger partial charge in [0.15, 0.2) is 0 Å². The van der Waals surface area contributed by atoms with Gasteiger partial charge in [-0.2, -0.15) is 13.2 Å². The summed E-state index contributed by atoms with van der Waals surface area (Å²) in [5.74, 6) is 1.59. The van der Waals surface area contributed by atoms with Gasteiger partial charge in [0.05, 0.1) is 30.7 Å². The van der Waals surface area contributed by atoms with E-state index in [0.717, 1.165) is 23.3 Å². The first kappa shape index (κ1) is 19.0. The Morgan fingerprint density at radius 2 is 1.76 bits per heavy atom. The number of hydrogen-bond donors (Lipinski definition) is 0. The van der Waals surface area contributed by atoms with Gasteiger partial charge in [-0.3, -0.25) is 9.36 Å². The molecule has 0 atom stereocenters. The van der Waals surface area contributed by atoms with E-state index in [4.69, 9.17) is 9.47 Å². The van der Waals surface area contributed by atoms with Crippen molar-refractivity contribution in [1.82, 2.24) is 9.55 Å². The fourth-order valence-electron chi connectivity index (χ4n) is 3.44. The smallest absolute Gasteiger partial charge is 0.416 e. The first-order valence-corrected chi connectivity index (χ1v) is 8.86. The van der Waals surface area contributed by atoms with Gasteiger partial charge in [-0.05, 0) is 54.0 Å². The van der Waals surface area contributed by atoms with E-state index in [1.807, 2.05) is 6.08 Å². The summed E-state index contributed by atoms with van der Waals surface area (Å²) in [6.45, 7) is 0.422. The third kappa shape index (κ3) is 3.46. The lowest BCUT2D eigenvalue weighted by Gasteiger charge is -2.10. The first-order chi connectivity index (χ1) is 13.8. The van der Waals surface area contributed by atoms with E-state index in [0.29, 0.717) is 30.3 Å². The number of hydrogen-bond acceptors (Lipinski definition) is 4. The van der Waals surface area contributed by atoms with Gasteiger partial charge in [0.1, 0.15) is 17.3 Å². The number of allylic oxidation sites excluding steroid dienone is 1. The number of fused-ring (bicyclic) bond motifs is 2. The van der Waals surface area contributed by atoms with Gasteiger partial charge in [-0.25, -0.2) is 4.98 Å². The molecule has 0 fully saturated rings. The molecule has 8 heteroatoms. The average molecular weight is 402 g/mol. The number of rotatable bonds is 3. The number of aromatic nitrogens is 2. The molecule has 150 valence electrons. The number of benzene rings is 2. The minimum atomic E-state index is -4.50. The second kappa shape index (κ2) is 6.95. The fourth-order valence-corrected chi connectivity index (χ4v) is 3.44. The molecule has 0 amide bonds. The maximum Gasteiger partial charge on any atom is 0.416 e. The van der Waals surface area contributed by atoms with Crippen LogP contribution in [0.2, 0.25) is 0 Å². The van der Waals surface area contributed by atoms with Crippen molar-refractivity contribution >= 4 is 22.6 Å². The molecule has 29 heavy (non-hydrogen) atoms. The van der Waals surface area contributed by atoms with Crippen LogP contribution < -0.4 is 15.0 Å². The Morgan fingerprint density at radius 1 is 1.07 bits per heavy atom. The van der Waals surface area contributed by atoms with E-state index in [1.165, 1.54) is 10.6 Å². The largest absolute Gasteiger partial charge is 0.497 e. The van der Waals surface area contributed by atoms with Crippen molar-refractivity contribution in [2.45, 2.75) is 19.1 Å². The van der Waals surface area contributed by atoms with E-state index in [9.17, 15) is 18.0 Å². The molecule has 1 aliphatic rings. The van der Waals surface area contributed by atoms with E-state index in [1.54, 1.807) is 32.4 Å². The maximum atomic E-state index is 13.1. The zero-order valence-corrected chi connectivity index (χ0v) is 15.7. The summed E-state index contributed by atoms with van der Waals surface area (Å²) in [6, 6.07) is 8.36. The SMILES string of the molecule is COc1cc(/C=C2\CCn3c2nc2cc(C(F)(F)F)ccc2c3=O)cc(OC)c1. The molecule has 0 bridgehead atoms. The molecule has 0 radical (unpaired) electrons. The molecule has 0 aliphatic carbocycles. The molecule has 0 spiro atoms. The van der Waals surface area contributed by atoms with Crippen LogP contribution in [0.5, 0.6) is 11.5 Å². The lowest BCUT2D eigenvalue weighted by atomic mass is 10.1. The number of methoxy groups -OCH3 is 2. The van der Waals surface area contributed by atoms with Crippen molar-refractivity contribution in [2.24, 2.45) is 0 Å². The monoisotopic (exact) mass is 402 g/mol. The van der Waals surface area contributed by atoms with Crippen LogP contribution in [0, 0.1) is 0 Å². The minimum Gasteiger partial charge on any atom is -0.497 e. The number of halogens is 3. The van der Waals surface area contributed by atoms with E-state index in [-0.39, 0.29) is 16.5 Å². The molecule has 0 saturated carbocycles. The highest BCUT2D eigenvalue weighted by atomic mass is 19.4.